The number of benzene rings is 2. The van der Waals surface area contributed by atoms with Crippen LogP contribution in [0.25, 0.3) is 0 Å². The van der Waals surface area contributed by atoms with Gasteiger partial charge in [-0.3, -0.25) is 15.5 Å². The maximum absolute atomic E-state index is 11.0. The van der Waals surface area contributed by atoms with Gasteiger partial charge in [-0.1, -0.05) is 29.3 Å². The average molecular weight is 326 g/mol. The van der Waals surface area contributed by atoms with Crippen LogP contribution in [0.4, 0.5) is 5.69 Å². The number of hydrogen-bond acceptors (Lipinski definition) is 4. The highest BCUT2D eigenvalue weighted by molar-refractivity contribution is 6.34. The summed E-state index contributed by atoms with van der Waals surface area (Å²) in [5.74, 6) is -0.00715. The highest BCUT2D eigenvalue weighted by atomic mass is 35.5. The Morgan fingerprint density at radius 1 is 1.24 bits per heavy atom. The Labute approximate surface area is 129 Å². The molecule has 0 aliphatic carbocycles. The topological polar surface area (TPSA) is 102 Å². The van der Waals surface area contributed by atoms with Crippen molar-refractivity contribution in [1.82, 2.24) is 0 Å². The second-order valence-corrected chi connectivity index (χ2v) is 4.82. The smallest absolute Gasteiger partial charge is 0.313 e. The molecule has 3 N–H and O–H groups in total. The third-order valence-electron chi connectivity index (χ3n) is 2.59. The van der Waals surface area contributed by atoms with Crippen LogP contribution < -0.4 is 10.5 Å². The Balaban J connectivity index is 2.41. The fourth-order valence-electron chi connectivity index (χ4n) is 1.64. The number of rotatable bonds is 4. The summed E-state index contributed by atoms with van der Waals surface area (Å²) in [7, 11) is 0. The van der Waals surface area contributed by atoms with E-state index in [9.17, 15) is 10.1 Å². The highest BCUT2D eigenvalue weighted by Crippen LogP contribution is 2.38. The number of nitrogens with two attached hydrogens (primary N) is 1. The summed E-state index contributed by atoms with van der Waals surface area (Å²) >= 11 is 11.9. The fourth-order valence-corrected chi connectivity index (χ4v) is 2.12. The average Bonchev–Trinajstić information content (AvgIpc) is 2.40. The maximum Gasteiger partial charge on any atom is 0.313 e. The van der Waals surface area contributed by atoms with E-state index in [2.05, 4.69) is 0 Å². The Hall–Kier alpha value is -2.31. The van der Waals surface area contributed by atoms with E-state index in [1.165, 1.54) is 36.4 Å². The molecule has 0 fully saturated rings. The minimum absolute atomic E-state index is 0.0733. The molecule has 0 spiro atoms. The van der Waals surface area contributed by atoms with Crippen LogP contribution in [-0.4, -0.2) is 10.8 Å². The molecule has 0 aromatic heterocycles. The van der Waals surface area contributed by atoms with Crippen molar-refractivity contribution in [3.05, 3.63) is 62.1 Å². The number of nitro benzene ring substituents is 1. The molecule has 0 amide bonds. The van der Waals surface area contributed by atoms with Gasteiger partial charge in [0.25, 0.3) is 0 Å². The Morgan fingerprint density at radius 3 is 2.52 bits per heavy atom. The predicted octanol–water partition coefficient (Wildman–Crippen LogP) is 3.98. The van der Waals surface area contributed by atoms with E-state index in [1.54, 1.807) is 0 Å². The molecule has 0 radical (unpaired) electrons. The highest BCUT2D eigenvalue weighted by Gasteiger charge is 2.19. The van der Waals surface area contributed by atoms with Gasteiger partial charge in [-0.25, -0.2) is 0 Å². The van der Waals surface area contributed by atoms with E-state index in [4.69, 9.17) is 39.1 Å². The monoisotopic (exact) mass is 325 g/mol. The minimum atomic E-state index is -0.591. The molecule has 0 aliphatic heterocycles. The summed E-state index contributed by atoms with van der Waals surface area (Å²) in [6.45, 7) is 0. The number of hydrogen-bond donors (Lipinski definition) is 2. The first-order valence-electron chi connectivity index (χ1n) is 5.65. The molecule has 0 atom stereocenters. The molecule has 2 aromatic carbocycles. The molecule has 0 saturated heterocycles. The van der Waals surface area contributed by atoms with Crippen LogP contribution in [0.15, 0.2) is 36.4 Å². The number of nitrogens with one attached hydrogen (secondary N) is 1. The first-order valence-corrected chi connectivity index (χ1v) is 6.40. The predicted molar refractivity (Wildman–Crippen MR) is 80.6 cm³/mol. The third-order valence-corrected chi connectivity index (χ3v) is 3.20. The van der Waals surface area contributed by atoms with E-state index in [0.29, 0.717) is 5.56 Å². The Morgan fingerprint density at radius 2 is 1.95 bits per heavy atom. The fraction of sp³-hybridized carbons (Fsp3) is 0. The van der Waals surface area contributed by atoms with Crippen molar-refractivity contribution in [3.8, 4) is 11.5 Å². The van der Waals surface area contributed by atoms with E-state index >= 15 is 0 Å². The molecule has 0 saturated carbocycles. The summed E-state index contributed by atoms with van der Waals surface area (Å²) in [6.07, 6.45) is 0. The number of para-hydroxylation sites is 1. The lowest BCUT2D eigenvalue weighted by Crippen LogP contribution is -2.11. The Bertz CT molecular complexity index is 735. The molecule has 108 valence electrons. The summed E-state index contributed by atoms with van der Waals surface area (Å²) in [5.41, 5.74) is 5.44. The van der Waals surface area contributed by atoms with Crippen molar-refractivity contribution in [2.75, 3.05) is 0 Å². The third kappa shape index (κ3) is 3.24. The number of nitrogens with zero attached hydrogens (tertiary/aromatic N) is 1. The second kappa shape index (κ2) is 5.99. The summed E-state index contributed by atoms with van der Waals surface area (Å²) < 4.78 is 5.45. The van der Waals surface area contributed by atoms with Crippen molar-refractivity contribution in [3.63, 3.8) is 0 Å². The molecule has 0 aliphatic rings. The summed E-state index contributed by atoms with van der Waals surface area (Å²) in [6, 6.07) is 8.62. The minimum Gasteiger partial charge on any atom is -0.448 e. The van der Waals surface area contributed by atoms with Crippen LogP contribution in [0.1, 0.15) is 5.56 Å². The van der Waals surface area contributed by atoms with Gasteiger partial charge in [-0.15, -0.1) is 0 Å². The summed E-state index contributed by atoms with van der Waals surface area (Å²) in [5, 5.41) is 18.6. The maximum atomic E-state index is 11.0. The van der Waals surface area contributed by atoms with Gasteiger partial charge in [0.05, 0.1) is 15.0 Å². The largest absolute Gasteiger partial charge is 0.448 e. The molecule has 21 heavy (non-hydrogen) atoms. The van der Waals surface area contributed by atoms with Crippen LogP contribution in [-0.2, 0) is 0 Å². The van der Waals surface area contributed by atoms with E-state index in [-0.39, 0.29) is 33.1 Å². The van der Waals surface area contributed by atoms with Crippen LogP contribution in [0.5, 0.6) is 11.5 Å². The molecular weight excluding hydrogens is 317 g/mol. The molecule has 0 unspecified atom stereocenters. The lowest BCUT2D eigenvalue weighted by atomic mass is 10.2. The zero-order valence-corrected chi connectivity index (χ0v) is 12.0. The first-order chi connectivity index (χ1) is 9.90. The van der Waals surface area contributed by atoms with Gasteiger partial charge in [0.15, 0.2) is 0 Å². The van der Waals surface area contributed by atoms with Crippen molar-refractivity contribution in [2.24, 2.45) is 5.73 Å². The Kier molecular flexibility index (Phi) is 4.30. The van der Waals surface area contributed by atoms with Crippen LogP contribution in [0, 0.1) is 15.5 Å². The van der Waals surface area contributed by atoms with E-state index in [1.807, 2.05) is 0 Å². The molecule has 6 nitrogen and oxygen atoms in total. The SMILES string of the molecule is N=C(N)c1ccc(Oc2c(Cl)cccc2[N+](=O)[O-])cc1Cl. The van der Waals surface area contributed by atoms with Gasteiger partial charge in [-0.2, -0.15) is 0 Å². The van der Waals surface area contributed by atoms with Crippen molar-refractivity contribution >= 4 is 34.7 Å². The molecule has 2 rings (SSSR count). The zero-order valence-electron chi connectivity index (χ0n) is 10.5. The van der Waals surface area contributed by atoms with Gasteiger partial charge >= 0.3 is 5.69 Å². The standard InChI is InChI=1S/C13H9Cl2N3O3/c14-9-2-1-3-11(18(19)20)12(9)21-7-4-5-8(13(16)17)10(15)6-7/h1-6H,(H3,16,17). The lowest BCUT2D eigenvalue weighted by molar-refractivity contribution is -0.385. The quantitative estimate of drug-likeness (QED) is 0.384. The van der Waals surface area contributed by atoms with Crippen LogP contribution >= 0.6 is 23.2 Å². The number of ether oxygens (including phenoxy) is 1. The zero-order chi connectivity index (χ0) is 15.6. The van der Waals surface area contributed by atoms with Crippen LogP contribution in [0.2, 0.25) is 10.0 Å². The number of nitro groups is 1. The molecule has 0 heterocycles. The number of amidine groups is 1. The van der Waals surface area contributed by atoms with Crippen molar-refractivity contribution < 1.29 is 9.66 Å². The van der Waals surface area contributed by atoms with Gasteiger partial charge in [0.1, 0.15) is 11.6 Å². The molecule has 0 bridgehead atoms. The van der Waals surface area contributed by atoms with E-state index in [0.717, 1.165) is 0 Å². The summed E-state index contributed by atoms with van der Waals surface area (Å²) in [4.78, 5) is 10.4. The van der Waals surface area contributed by atoms with Gasteiger partial charge in [-0.05, 0) is 18.2 Å². The van der Waals surface area contributed by atoms with Gasteiger partial charge in [0, 0.05) is 17.7 Å². The van der Waals surface area contributed by atoms with Gasteiger partial charge < -0.3 is 10.5 Å². The number of nitrogen functional groups attached to an aromatic ring is 1. The molecule has 8 heteroatoms. The van der Waals surface area contributed by atoms with Crippen molar-refractivity contribution in [1.29, 1.82) is 5.41 Å². The first kappa shape index (κ1) is 15.1. The van der Waals surface area contributed by atoms with Gasteiger partial charge in [0.2, 0.25) is 5.75 Å². The van der Waals surface area contributed by atoms with Crippen LogP contribution in [0.3, 0.4) is 0 Å². The normalized spacial score (nSPS) is 10.2. The molecular formula is C13H9Cl2N3O3. The second-order valence-electron chi connectivity index (χ2n) is 4.00. The van der Waals surface area contributed by atoms with E-state index < -0.39 is 4.92 Å². The lowest BCUT2D eigenvalue weighted by Gasteiger charge is -2.09. The molecule has 2 aromatic rings. The number of halogens is 2. The van der Waals surface area contributed by atoms with Crippen molar-refractivity contribution in [2.45, 2.75) is 0 Å².